The molecule has 0 aliphatic heterocycles. The van der Waals surface area contributed by atoms with Crippen LogP contribution < -0.4 is 0 Å². The smallest absolute Gasteiger partial charge is 0.372 e. The summed E-state index contributed by atoms with van der Waals surface area (Å²) in [5.41, 5.74) is -1.78. The maximum atomic E-state index is 15.3. The lowest BCUT2D eigenvalue weighted by atomic mass is 9.46. The van der Waals surface area contributed by atoms with Gasteiger partial charge in [-0.3, -0.25) is 14.4 Å². The third kappa shape index (κ3) is 2.38. The van der Waals surface area contributed by atoms with E-state index in [9.17, 15) is 24.3 Å². The van der Waals surface area contributed by atoms with Crippen molar-refractivity contribution in [3.8, 4) is 0 Å². The van der Waals surface area contributed by atoms with Gasteiger partial charge in [0.25, 0.3) is 0 Å². The highest BCUT2D eigenvalue weighted by Crippen LogP contribution is 2.69. The molecule has 2 unspecified atom stereocenters. The van der Waals surface area contributed by atoms with E-state index in [1.165, 1.54) is 12.2 Å². The SMILES string of the molecule is CC1C[C@H]2[C@@H]3CC(F)C4=CC(=O)C=C[C@]4(C)[C@@]3(Cl)C(=O)C[C@]2(C)[C@H]1C(=O)C(=O)O. The zero-order valence-electron chi connectivity index (χ0n) is 16.6. The number of hydrogen-bond acceptors (Lipinski definition) is 4. The molecule has 29 heavy (non-hydrogen) atoms. The molecule has 7 heteroatoms. The minimum absolute atomic E-state index is 0.0151. The molecule has 3 fully saturated rings. The summed E-state index contributed by atoms with van der Waals surface area (Å²) in [6, 6.07) is 0. The van der Waals surface area contributed by atoms with Crippen LogP contribution in [0.25, 0.3) is 0 Å². The fourth-order valence-electron chi connectivity index (χ4n) is 7.00. The fourth-order valence-corrected chi connectivity index (χ4v) is 7.48. The van der Waals surface area contributed by atoms with Gasteiger partial charge in [-0.05, 0) is 53.7 Å². The van der Waals surface area contributed by atoms with Crippen molar-refractivity contribution >= 4 is 34.9 Å². The number of carbonyl (C=O) groups is 4. The van der Waals surface area contributed by atoms with Crippen LogP contribution in [0.3, 0.4) is 0 Å². The molecule has 1 N–H and O–H groups in total. The van der Waals surface area contributed by atoms with Gasteiger partial charge in [0.2, 0.25) is 5.78 Å². The molecule has 156 valence electrons. The zero-order valence-corrected chi connectivity index (χ0v) is 17.3. The number of hydrogen-bond donors (Lipinski definition) is 1. The lowest BCUT2D eigenvalue weighted by Gasteiger charge is -2.60. The van der Waals surface area contributed by atoms with Gasteiger partial charge in [0.15, 0.2) is 11.6 Å². The maximum Gasteiger partial charge on any atom is 0.372 e. The van der Waals surface area contributed by atoms with E-state index in [2.05, 4.69) is 0 Å². The van der Waals surface area contributed by atoms with E-state index in [-0.39, 0.29) is 41.8 Å². The van der Waals surface area contributed by atoms with Crippen LogP contribution in [0.2, 0.25) is 0 Å². The van der Waals surface area contributed by atoms with Gasteiger partial charge in [-0.2, -0.15) is 0 Å². The Hall–Kier alpha value is -1.82. The monoisotopic (exact) mass is 422 g/mol. The highest BCUT2D eigenvalue weighted by Gasteiger charge is 2.72. The average Bonchev–Trinajstić information content (AvgIpc) is 2.89. The third-order valence-corrected chi connectivity index (χ3v) is 9.11. The van der Waals surface area contributed by atoms with Crippen LogP contribution in [0.15, 0.2) is 23.8 Å². The largest absolute Gasteiger partial charge is 0.475 e. The van der Waals surface area contributed by atoms with E-state index in [0.29, 0.717) is 6.42 Å². The van der Waals surface area contributed by atoms with Gasteiger partial charge >= 0.3 is 5.97 Å². The molecule has 0 aromatic rings. The summed E-state index contributed by atoms with van der Waals surface area (Å²) < 4.78 is 15.3. The van der Waals surface area contributed by atoms with Gasteiger partial charge in [0, 0.05) is 17.8 Å². The van der Waals surface area contributed by atoms with Crippen LogP contribution in [0.5, 0.6) is 0 Å². The molecule has 0 aromatic heterocycles. The number of allylic oxidation sites excluding steroid dienone is 4. The molecule has 0 spiro atoms. The summed E-state index contributed by atoms with van der Waals surface area (Å²) in [6.45, 7) is 5.30. The minimum Gasteiger partial charge on any atom is -0.475 e. The van der Waals surface area contributed by atoms with Gasteiger partial charge in [0.05, 0.1) is 0 Å². The summed E-state index contributed by atoms with van der Waals surface area (Å²) >= 11 is 7.10. The fraction of sp³-hybridized carbons (Fsp3) is 0.636. The van der Waals surface area contributed by atoms with Crippen molar-refractivity contribution in [1.82, 2.24) is 0 Å². The molecule has 0 amide bonds. The number of Topliss-reactive ketones (excluding diaryl/α,β-unsaturated/α-hetero) is 2. The van der Waals surface area contributed by atoms with E-state index in [1.807, 2.05) is 6.92 Å². The van der Waals surface area contributed by atoms with Gasteiger partial charge < -0.3 is 5.11 Å². The van der Waals surface area contributed by atoms with Crippen molar-refractivity contribution < 1.29 is 28.7 Å². The number of carbonyl (C=O) groups excluding carboxylic acids is 3. The van der Waals surface area contributed by atoms with Gasteiger partial charge in [-0.1, -0.05) is 26.8 Å². The minimum atomic E-state index is -1.50. The van der Waals surface area contributed by atoms with Crippen LogP contribution >= 0.6 is 11.6 Å². The number of fused-ring (bicyclic) bond motifs is 5. The Balaban J connectivity index is 1.85. The molecule has 0 saturated heterocycles. The number of ketones is 3. The van der Waals surface area contributed by atoms with E-state index >= 15 is 4.39 Å². The molecule has 4 rings (SSSR count). The van der Waals surface area contributed by atoms with E-state index in [0.717, 1.165) is 0 Å². The van der Waals surface area contributed by atoms with Crippen molar-refractivity contribution in [3.63, 3.8) is 0 Å². The second kappa shape index (κ2) is 6.10. The van der Waals surface area contributed by atoms with E-state index in [4.69, 9.17) is 11.6 Å². The number of alkyl halides is 2. The first-order valence-electron chi connectivity index (χ1n) is 9.96. The molecule has 0 bridgehead atoms. The van der Waals surface area contributed by atoms with Crippen molar-refractivity contribution in [1.29, 1.82) is 0 Å². The second-order valence-electron chi connectivity index (χ2n) is 9.63. The van der Waals surface area contributed by atoms with Crippen LogP contribution in [0, 0.1) is 34.5 Å². The maximum absolute atomic E-state index is 15.3. The zero-order chi connectivity index (χ0) is 21.5. The van der Waals surface area contributed by atoms with Crippen molar-refractivity contribution in [2.75, 3.05) is 0 Å². The molecular weight excluding hydrogens is 399 g/mol. The lowest BCUT2D eigenvalue weighted by molar-refractivity contribution is -0.156. The Labute approximate surface area is 173 Å². The van der Waals surface area contributed by atoms with E-state index < -0.39 is 45.5 Å². The highest BCUT2D eigenvalue weighted by atomic mass is 35.5. The van der Waals surface area contributed by atoms with Crippen LogP contribution in [-0.2, 0) is 19.2 Å². The molecule has 5 nitrogen and oxygen atoms in total. The topological polar surface area (TPSA) is 88.5 Å². The predicted molar refractivity (Wildman–Crippen MR) is 103 cm³/mol. The first kappa shape index (κ1) is 20.5. The molecular formula is C22H24ClFO5. The summed E-state index contributed by atoms with van der Waals surface area (Å²) in [5, 5.41) is 9.31. The number of aliphatic carboxylic acids is 1. The van der Waals surface area contributed by atoms with Crippen LogP contribution in [0.4, 0.5) is 4.39 Å². The van der Waals surface area contributed by atoms with Crippen LogP contribution in [0.1, 0.15) is 40.0 Å². The third-order valence-electron chi connectivity index (χ3n) is 8.22. The van der Waals surface area contributed by atoms with Gasteiger partial charge in [-0.15, -0.1) is 11.6 Å². The highest BCUT2D eigenvalue weighted by molar-refractivity contribution is 6.38. The van der Waals surface area contributed by atoms with E-state index in [1.54, 1.807) is 19.9 Å². The summed E-state index contributed by atoms with van der Waals surface area (Å²) in [7, 11) is 0. The Kier molecular flexibility index (Phi) is 4.30. The Bertz CT molecular complexity index is 909. The molecule has 0 heterocycles. The molecule has 4 aliphatic rings. The first-order valence-corrected chi connectivity index (χ1v) is 10.3. The Morgan fingerprint density at radius 3 is 2.48 bits per heavy atom. The van der Waals surface area contributed by atoms with Gasteiger partial charge in [-0.25, -0.2) is 9.18 Å². The Morgan fingerprint density at radius 1 is 1.21 bits per heavy atom. The normalized spacial score (nSPS) is 48.4. The Morgan fingerprint density at radius 2 is 1.86 bits per heavy atom. The van der Waals surface area contributed by atoms with Crippen molar-refractivity contribution in [2.45, 2.75) is 51.1 Å². The van der Waals surface area contributed by atoms with Crippen molar-refractivity contribution in [3.05, 3.63) is 23.8 Å². The number of rotatable bonds is 2. The van der Waals surface area contributed by atoms with Crippen LogP contribution in [-0.4, -0.2) is 39.5 Å². The first-order chi connectivity index (χ1) is 13.4. The van der Waals surface area contributed by atoms with Crippen molar-refractivity contribution in [2.24, 2.45) is 34.5 Å². The quantitative estimate of drug-likeness (QED) is 0.544. The lowest BCUT2D eigenvalue weighted by Crippen LogP contribution is -2.66. The average molecular weight is 423 g/mol. The molecule has 0 radical (unpaired) electrons. The second-order valence-corrected chi connectivity index (χ2v) is 10.2. The molecule has 0 aromatic carbocycles. The van der Waals surface area contributed by atoms with Gasteiger partial charge in [0.1, 0.15) is 11.0 Å². The number of carboxylic acids is 1. The number of halogens is 2. The predicted octanol–water partition coefficient (Wildman–Crippen LogP) is 3.30. The molecule has 3 saturated carbocycles. The standard InChI is InChI=1S/C22H24ClFO5/c1-10-6-12-13-8-15(24)14-7-11(25)4-5-21(14,3)22(13,23)16(26)9-20(12,2)17(10)18(27)19(28)29/h4-5,7,10,12-13,15,17H,6,8-9H2,1-3H3,(H,28,29)/t10?,12-,13-,15?,17+,20-,21-,22-/m0/s1. The molecule has 4 aliphatic carbocycles. The summed E-state index contributed by atoms with van der Waals surface area (Å²) in [6.07, 6.45) is 3.17. The molecule has 8 atom stereocenters. The number of carboxylic acid groups (broad SMARTS) is 1. The summed E-state index contributed by atoms with van der Waals surface area (Å²) in [4.78, 5) is 47.9. The summed E-state index contributed by atoms with van der Waals surface area (Å²) in [5.74, 6) is -4.89.